The number of aryl methyl sites for hydroxylation is 1. The van der Waals surface area contributed by atoms with Gasteiger partial charge in [0.1, 0.15) is 28.6 Å². The smallest absolute Gasteiger partial charge is 0.250 e. The first-order valence-corrected chi connectivity index (χ1v) is 19.3. The number of aliphatic hydroxyl groups is 1. The largest absolute Gasteiger partial charge is 0.543 e. The van der Waals surface area contributed by atoms with Crippen LogP contribution in [0.2, 0.25) is 36.3 Å². The third kappa shape index (κ3) is 4.94. The molecule has 0 saturated carbocycles. The molecule has 4 rings (SSSR count). The summed E-state index contributed by atoms with van der Waals surface area (Å²) in [5.41, 5.74) is 1.89. The van der Waals surface area contributed by atoms with E-state index in [0.717, 1.165) is 22.6 Å². The molecule has 0 aromatic heterocycles. The molecule has 0 spiro atoms. The van der Waals surface area contributed by atoms with Gasteiger partial charge in [0.05, 0.1) is 0 Å². The summed E-state index contributed by atoms with van der Waals surface area (Å²) in [4.78, 5) is 0. The van der Waals surface area contributed by atoms with E-state index in [1.165, 1.54) is 0 Å². The van der Waals surface area contributed by atoms with Gasteiger partial charge in [-0.3, -0.25) is 0 Å². The van der Waals surface area contributed by atoms with E-state index in [4.69, 9.17) is 13.6 Å². The minimum Gasteiger partial charge on any atom is -0.543 e. The van der Waals surface area contributed by atoms with E-state index in [-0.39, 0.29) is 10.1 Å². The van der Waals surface area contributed by atoms with Crippen LogP contribution in [-0.2, 0) is 5.60 Å². The Morgan fingerprint density at radius 2 is 1.08 bits per heavy atom. The van der Waals surface area contributed by atoms with Gasteiger partial charge in [-0.25, -0.2) is 0 Å². The van der Waals surface area contributed by atoms with Crippen molar-refractivity contribution >= 4 is 16.6 Å². The van der Waals surface area contributed by atoms with Crippen LogP contribution in [0.1, 0.15) is 63.8 Å². The van der Waals surface area contributed by atoms with Gasteiger partial charge in [0.15, 0.2) is 0 Å². The lowest BCUT2D eigenvalue weighted by Crippen LogP contribution is -2.44. The molecular formula is C32H44O4Si2. The summed E-state index contributed by atoms with van der Waals surface area (Å²) in [6.07, 6.45) is 0. The van der Waals surface area contributed by atoms with Gasteiger partial charge in [-0.15, -0.1) is 0 Å². The quantitative estimate of drug-likeness (QED) is 0.323. The fourth-order valence-electron chi connectivity index (χ4n) is 4.33. The first-order chi connectivity index (χ1) is 17.4. The Morgan fingerprint density at radius 1 is 0.658 bits per heavy atom. The van der Waals surface area contributed by atoms with Crippen molar-refractivity contribution in [1.82, 2.24) is 0 Å². The molecule has 0 unspecified atom stereocenters. The van der Waals surface area contributed by atoms with Crippen LogP contribution in [-0.4, -0.2) is 21.7 Å². The first-order valence-electron chi connectivity index (χ1n) is 13.5. The summed E-state index contributed by atoms with van der Waals surface area (Å²) in [7, 11) is -4.12. The molecule has 0 fully saturated rings. The Morgan fingerprint density at radius 3 is 1.47 bits per heavy atom. The molecule has 1 N–H and O–H groups in total. The lowest BCUT2D eigenvalue weighted by molar-refractivity contribution is 0.112. The van der Waals surface area contributed by atoms with E-state index >= 15 is 0 Å². The van der Waals surface area contributed by atoms with Crippen molar-refractivity contribution in [3.63, 3.8) is 0 Å². The molecule has 204 valence electrons. The third-order valence-corrected chi connectivity index (χ3v) is 17.5. The average molecular weight is 549 g/mol. The Labute approximate surface area is 231 Å². The monoisotopic (exact) mass is 548 g/mol. The van der Waals surface area contributed by atoms with E-state index in [1.54, 1.807) is 0 Å². The van der Waals surface area contributed by atoms with Crippen LogP contribution in [0.5, 0.6) is 23.0 Å². The van der Waals surface area contributed by atoms with Crippen LogP contribution in [0.25, 0.3) is 0 Å². The van der Waals surface area contributed by atoms with Crippen LogP contribution >= 0.6 is 0 Å². The highest BCUT2D eigenvalue weighted by Crippen LogP contribution is 2.53. The molecule has 1 heterocycles. The molecule has 4 nitrogen and oxygen atoms in total. The van der Waals surface area contributed by atoms with Crippen molar-refractivity contribution in [2.75, 3.05) is 0 Å². The molecule has 0 radical (unpaired) electrons. The number of hydrogen-bond acceptors (Lipinski definition) is 4. The van der Waals surface area contributed by atoms with Crippen LogP contribution in [0.3, 0.4) is 0 Å². The number of hydrogen-bond donors (Lipinski definition) is 1. The summed E-state index contributed by atoms with van der Waals surface area (Å²) in [5.74, 6) is 2.73. The number of fused-ring (bicyclic) bond motifs is 2. The highest BCUT2D eigenvalue weighted by atomic mass is 28.4. The van der Waals surface area contributed by atoms with Gasteiger partial charge in [0.25, 0.3) is 0 Å². The van der Waals surface area contributed by atoms with Crippen molar-refractivity contribution in [3.8, 4) is 23.0 Å². The van der Waals surface area contributed by atoms with Crippen molar-refractivity contribution in [1.29, 1.82) is 0 Å². The zero-order chi connectivity index (χ0) is 28.3. The van der Waals surface area contributed by atoms with Crippen LogP contribution < -0.4 is 13.6 Å². The number of benzene rings is 3. The van der Waals surface area contributed by atoms with Gasteiger partial charge in [0.2, 0.25) is 16.6 Å². The van der Waals surface area contributed by atoms with E-state index in [9.17, 15) is 5.11 Å². The summed E-state index contributed by atoms with van der Waals surface area (Å²) in [5, 5.41) is 12.7. The normalized spacial score (nSPS) is 15.3. The van der Waals surface area contributed by atoms with Crippen molar-refractivity contribution in [3.05, 3.63) is 82.9 Å². The van der Waals surface area contributed by atoms with E-state index in [1.807, 2.05) is 67.6 Å². The number of ether oxygens (including phenoxy) is 1. The van der Waals surface area contributed by atoms with Gasteiger partial charge in [-0.2, -0.15) is 0 Å². The van der Waals surface area contributed by atoms with E-state index < -0.39 is 22.2 Å². The second-order valence-electron chi connectivity index (χ2n) is 13.7. The summed E-state index contributed by atoms with van der Waals surface area (Å²) in [6.45, 7) is 24.3. The number of rotatable bonds is 5. The summed E-state index contributed by atoms with van der Waals surface area (Å²) < 4.78 is 19.7. The topological polar surface area (TPSA) is 47.9 Å². The van der Waals surface area contributed by atoms with Gasteiger partial charge < -0.3 is 18.7 Å². The predicted octanol–water partition coefficient (Wildman–Crippen LogP) is 9.15. The van der Waals surface area contributed by atoms with Gasteiger partial charge in [-0.05, 0) is 78.6 Å². The molecular weight excluding hydrogens is 505 g/mol. The molecule has 1 aliphatic heterocycles. The molecule has 3 aromatic carbocycles. The minimum atomic E-state index is -2.06. The highest BCUT2D eigenvalue weighted by Gasteiger charge is 2.45. The van der Waals surface area contributed by atoms with Crippen LogP contribution in [0.4, 0.5) is 0 Å². The molecule has 38 heavy (non-hydrogen) atoms. The van der Waals surface area contributed by atoms with Gasteiger partial charge >= 0.3 is 0 Å². The second-order valence-corrected chi connectivity index (χ2v) is 23.1. The van der Waals surface area contributed by atoms with E-state index in [0.29, 0.717) is 22.6 Å². The van der Waals surface area contributed by atoms with Crippen LogP contribution in [0.15, 0.2) is 60.7 Å². The Bertz CT molecular complexity index is 1270. The fraction of sp³-hybridized carbons (Fsp3) is 0.438. The molecule has 0 atom stereocenters. The minimum absolute atomic E-state index is 0.0637. The summed E-state index contributed by atoms with van der Waals surface area (Å²) >= 11 is 0. The fourth-order valence-corrected chi connectivity index (χ4v) is 6.37. The maximum absolute atomic E-state index is 12.6. The average Bonchev–Trinajstić information content (AvgIpc) is 2.77. The molecule has 0 saturated heterocycles. The molecule has 0 aliphatic carbocycles. The predicted molar refractivity (Wildman–Crippen MR) is 162 cm³/mol. The highest BCUT2D eigenvalue weighted by molar-refractivity contribution is 6.75. The molecule has 1 aliphatic rings. The summed E-state index contributed by atoms with van der Waals surface area (Å²) in [6, 6.07) is 19.7. The van der Waals surface area contributed by atoms with Crippen molar-refractivity contribution in [2.24, 2.45) is 0 Å². The van der Waals surface area contributed by atoms with E-state index in [2.05, 4.69) is 67.7 Å². The SMILES string of the molecule is Cc1ccccc1C1(O)c2ccc(O[Si](C)(C)C(C)(C)C)cc2Oc2cc(O[Si](C)(C)C(C)(C)C)ccc21. The Balaban J connectivity index is 1.86. The van der Waals surface area contributed by atoms with Gasteiger partial charge in [-0.1, -0.05) is 65.8 Å². The molecule has 0 amide bonds. The zero-order valence-corrected chi connectivity index (χ0v) is 26.9. The molecule has 3 aromatic rings. The van der Waals surface area contributed by atoms with Gasteiger partial charge in [0, 0.05) is 23.3 Å². The van der Waals surface area contributed by atoms with Crippen molar-refractivity contribution in [2.45, 2.75) is 90.3 Å². The Kier molecular flexibility index (Phi) is 6.95. The Hall–Kier alpha value is -2.55. The molecule has 6 heteroatoms. The standard InChI is InChI=1S/C32H44O4Si2/c1-22-14-12-13-15-25(22)32(33)26-18-16-23(35-37(8,9)30(2,3)4)20-28(26)34-29-21-24(17-19-27(29)32)36-38(10,11)31(5,6)7/h12-21,33H,1-11H3. The maximum Gasteiger partial charge on any atom is 0.250 e. The van der Waals surface area contributed by atoms with Crippen molar-refractivity contribution < 1.29 is 18.7 Å². The third-order valence-electron chi connectivity index (χ3n) is 8.80. The molecule has 0 bridgehead atoms. The maximum atomic E-state index is 12.6. The first kappa shape index (κ1) is 28.5. The lowest BCUT2D eigenvalue weighted by Gasteiger charge is -2.40. The van der Waals surface area contributed by atoms with Crippen LogP contribution in [0, 0.1) is 6.92 Å². The second kappa shape index (κ2) is 9.28. The lowest BCUT2D eigenvalue weighted by atomic mass is 9.76. The zero-order valence-electron chi connectivity index (χ0n) is 24.9.